The van der Waals surface area contributed by atoms with Crippen molar-refractivity contribution in [3.05, 3.63) is 109 Å². The van der Waals surface area contributed by atoms with Crippen molar-refractivity contribution in [2.75, 3.05) is 13.7 Å². The molecule has 35 heavy (non-hydrogen) atoms. The number of esters is 1. The Kier molecular flexibility index (Phi) is 7.17. The Morgan fingerprint density at radius 2 is 1.86 bits per heavy atom. The summed E-state index contributed by atoms with van der Waals surface area (Å²) in [6.45, 7) is 9.74. The van der Waals surface area contributed by atoms with Gasteiger partial charge in [-0.1, -0.05) is 74.2 Å². The Bertz CT molecular complexity index is 1460. The Morgan fingerprint density at radius 1 is 1.17 bits per heavy atom. The zero-order valence-corrected chi connectivity index (χ0v) is 21.1. The molecule has 1 aromatic heterocycles. The molecule has 0 saturated carbocycles. The molecule has 3 aromatic rings. The van der Waals surface area contributed by atoms with Crippen molar-refractivity contribution >= 4 is 23.4 Å². The van der Waals surface area contributed by atoms with E-state index in [2.05, 4.69) is 37.6 Å². The highest BCUT2D eigenvalue weighted by molar-refractivity contribution is 7.07. The van der Waals surface area contributed by atoms with Crippen molar-refractivity contribution in [2.24, 2.45) is 4.99 Å². The molecule has 0 spiro atoms. The molecule has 1 aliphatic rings. The summed E-state index contributed by atoms with van der Waals surface area (Å²) in [6.07, 6.45) is 3.38. The van der Waals surface area contributed by atoms with E-state index in [1.807, 2.05) is 42.5 Å². The number of carbonyl (C=O) groups excluding carboxylic acids is 1. The average molecular weight is 489 g/mol. The molecule has 0 radical (unpaired) electrons. The lowest BCUT2D eigenvalue weighted by Crippen LogP contribution is -2.39. The molecule has 2 heterocycles. The van der Waals surface area contributed by atoms with Gasteiger partial charge in [-0.15, -0.1) is 0 Å². The van der Waals surface area contributed by atoms with Gasteiger partial charge < -0.3 is 9.47 Å². The van der Waals surface area contributed by atoms with E-state index in [4.69, 9.17) is 9.47 Å². The molecule has 0 unspecified atom stereocenters. The Labute approximate surface area is 208 Å². The topological polar surface area (TPSA) is 69.9 Å². The maximum absolute atomic E-state index is 13.7. The Hall–Kier alpha value is -3.71. The minimum atomic E-state index is -0.667. The van der Waals surface area contributed by atoms with E-state index < -0.39 is 12.0 Å². The smallest absolute Gasteiger partial charge is 0.338 e. The summed E-state index contributed by atoms with van der Waals surface area (Å²) in [5, 5.41) is 0. The number of fused-ring (bicyclic) bond motifs is 1. The minimum Gasteiger partial charge on any atom is -0.497 e. The number of aromatic nitrogens is 1. The van der Waals surface area contributed by atoms with Crippen molar-refractivity contribution in [2.45, 2.75) is 32.7 Å². The second kappa shape index (κ2) is 10.3. The van der Waals surface area contributed by atoms with E-state index >= 15 is 0 Å². The molecule has 180 valence electrons. The molecule has 0 fully saturated rings. The number of ether oxygens (including phenoxy) is 2. The van der Waals surface area contributed by atoms with Gasteiger partial charge >= 0.3 is 5.97 Å². The van der Waals surface area contributed by atoms with Gasteiger partial charge in [-0.25, -0.2) is 9.79 Å². The predicted octanol–water partition coefficient (Wildman–Crippen LogP) is 4.10. The van der Waals surface area contributed by atoms with Crippen LogP contribution < -0.4 is 19.6 Å². The van der Waals surface area contributed by atoms with Gasteiger partial charge in [-0.3, -0.25) is 9.36 Å². The fourth-order valence-electron chi connectivity index (χ4n) is 4.03. The maximum atomic E-state index is 13.7. The third-order valence-electron chi connectivity index (χ3n) is 5.91. The number of allylic oxidation sites excluding steroid dienone is 1. The molecule has 0 N–H and O–H groups in total. The van der Waals surface area contributed by atoms with Crippen LogP contribution in [0.25, 0.3) is 6.08 Å². The van der Waals surface area contributed by atoms with Gasteiger partial charge in [-0.2, -0.15) is 0 Å². The fourth-order valence-corrected chi connectivity index (χ4v) is 5.07. The van der Waals surface area contributed by atoms with Crippen LogP contribution in [0.2, 0.25) is 0 Å². The normalized spacial score (nSPS) is 15.6. The minimum absolute atomic E-state index is 0.0712. The summed E-state index contributed by atoms with van der Waals surface area (Å²) in [6, 6.07) is 14.8. The Balaban J connectivity index is 1.88. The number of thiazole rings is 1. The second-order valence-corrected chi connectivity index (χ2v) is 9.57. The zero-order chi connectivity index (χ0) is 25.1. The molecule has 0 bridgehead atoms. The van der Waals surface area contributed by atoms with Crippen LogP contribution in [0.4, 0.5) is 0 Å². The summed E-state index contributed by atoms with van der Waals surface area (Å²) < 4.78 is 12.8. The van der Waals surface area contributed by atoms with Crippen LogP contribution in [-0.4, -0.2) is 24.3 Å². The van der Waals surface area contributed by atoms with E-state index in [0.29, 0.717) is 32.3 Å². The van der Waals surface area contributed by atoms with E-state index in [9.17, 15) is 9.59 Å². The summed E-state index contributed by atoms with van der Waals surface area (Å²) in [5.74, 6) is 0.592. The lowest BCUT2D eigenvalue weighted by Gasteiger charge is -2.24. The van der Waals surface area contributed by atoms with Crippen molar-refractivity contribution in [3.63, 3.8) is 0 Å². The lowest BCUT2D eigenvalue weighted by atomic mass is 9.96. The first-order valence-corrected chi connectivity index (χ1v) is 12.2. The largest absolute Gasteiger partial charge is 0.497 e. The van der Waals surface area contributed by atoms with E-state index in [1.165, 1.54) is 23.0 Å². The number of benzene rings is 2. The lowest BCUT2D eigenvalue weighted by molar-refractivity contribution is -0.138. The zero-order valence-electron chi connectivity index (χ0n) is 20.3. The number of nitrogens with zero attached hydrogens (tertiary/aromatic N) is 2. The van der Waals surface area contributed by atoms with Crippen LogP contribution in [0.1, 0.15) is 49.4 Å². The highest BCUT2D eigenvalue weighted by atomic mass is 32.1. The van der Waals surface area contributed by atoms with Crippen LogP contribution >= 0.6 is 11.3 Å². The van der Waals surface area contributed by atoms with Crippen molar-refractivity contribution < 1.29 is 14.3 Å². The van der Waals surface area contributed by atoms with Crippen molar-refractivity contribution in [1.82, 2.24) is 4.57 Å². The third-order valence-corrected chi connectivity index (χ3v) is 6.89. The molecule has 4 rings (SSSR count). The van der Waals surface area contributed by atoms with Crippen LogP contribution in [0, 0.1) is 0 Å². The van der Waals surface area contributed by atoms with Gasteiger partial charge in [0.05, 0.1) is 29.0 Å². The Morgan fingerprint density at radius 3 is 2.46 bits per heavy atom. The monoisotopic (exact) mass is 488 g/mol. The molecule has 0 saturated heterocycles. The van der Waals surface area contributed by atoms with Crippen LogP contribution in [0.5, 0.6) is 5.75 Å². The second-order valence-electron chi connectivity index (χ2n) is 8.56. The molecule has 7 heteroatoms. The first-order chi connectivity index (χ1) is 16.8. The van der Waals surface area contributed by atoms with Gasteiger partial charge in [0.15, 0.2) is 4.80 Å². The summed E-state index contributed by atoms with van der Waals surface area (Å²) in [7, 11) is 1.59. The first kappa shape index (κ1) is 24.4. The van der Waals surface area contributed by atoms with Gasteiger partial charge in [0.1, 0.15) is 12.4 Å². The maximum Gasteiger partial charge on any atom is 0.338 e. The number of rotatable bonds is 7. The van der Waals surface area contributed by atoms with Crippen LogP contribution in [-0.2, 0) is 9.53 Å². The molecular weight excluding hydrogens is 460 g/mol. The summed E-state index contributed by atoms with van der Waals surface area (Å²) in [4.78, 5) is 31.9. The van der Waals surface area contributed by atoms with E-state index in [-0.39, 0.29) is 12.2 Å². The standard InChI is InChI=1S/C28H28N2O4S/c1-6-15-34-27(32)24-18(4)29-28-30(25(24)21-11-13-22(33-5)14-12-21)26(31)23(35-28)16-19-7-9-20(10-8-19)17(2)3/h6-14,16-17,25H,1,15H2,2-5H3/b23-16+/t25-/m0/s1. The van der Waals surface area contributed by atoms with E-state index in [1.54, 1.807) is 18.6 Å². The number of methoxy groups -OCH3 is 1. The molecule has 1 aliphatic heterocycles. The van der Waals surface area contributed by atoms with Crippen LogP contribution in [0.15, 0.2) is 82.2 Å². The third kappa shape index (κ3) is 4.91. The summed E-state index contributed by atoms with van der Waals surface area (Å²) >= 11 is 1.31. The predicted molar refractivity (Wildman–Crippen MR) is 138 cm³/mol. The average Bonchev–Trinajstić information content (AvgIpc) is 3.16. The van der Waals surface area contributed by atoms with Gasteiger partial charge in [-0.05, 0) is 47.7 Å². The van der Waals surface area contributed by atoms with Crippen molar-refractivity contribution in [1.29, 1.82) is 0 Å². The number of carbonyl (C=O) groups is 1. The SMILES string of the molecule is C=CCOC(=O)C1=C(C)N=c2s/c(=C/c3ccc(C(C)C)cc3)c(=O)n2[C@H]1c1ccc(OC)cc1. The molecule has 0 aliphatic carbocycles. The summed E-state index contributed by atoms with van der Waals surface area (Å²) in [5.41, 5.74) is 3.58. The van der Waals surface area contributed by atoms with Crippen LogP contribution in [0.3, 0.4) is 0 Å². The fraction of sp³-hybridized carbons (Fsp3) is 0.250. The van der Waals surface area contributed by atoms with Crippen molar-refractivity contribution in [3.8, 4) is 5.75 Å². The number of hydrogen-bond acceptors (Lipinski definition) is 6. The van der Waals surface area contributed by atoms with Gasteiger partial charge in [0.2, 0.25) is 0 Å². The molecule has 0 amide bonds. The molecule has 2 aromatic carbocycles. The van der Waals surface area contributed by atoms with Gasteiger partial charge in [0.25, 0.3) is 5.56 Å². The van der Waals surface area contributed by atoms with Gasteiger partial charge in [0, 0.05) is 0 Å². The molecular formula is C28H28N2O4S. The molecule has 6 nitrogen and oxygen atoms in total. The highest BCUT2D eigenvalue weighted by Gasteiger charge is 2.33. The highest BCUT2D eigenvalue weighted by Crippen LogP contribution is 2.31. The molecule has 1 atom stereocenters. The first-order valence-electron chi connectivity index (χ1n) is 11.4. The van der Waals surface area contributed by atoms with E-state index in [0.717, 1.165) is 11.1 Å². The quantitative estimate of drug-likeness (QED) is 0.371. The number of hydrogen-bond donors (Lipinski definition) is 0.